The van der Waals surface area contributed by atoms with E-state index in [9.17, 15) is 21.6 Å². The van der Waals surface area contributed by atoms with Crippen molar-refractivity contribution in [2.75, 3.05) is 35.2 Å². The van der Waals surface area contributed by atoms with Crippen LogP contribution in [0.3, 0.4) is 0 Å². The van der Waals surface area contributed by atoms with Gasteiger partial charge in [0, 0.05) is 24.5 Å². The Morgan fingerprint density at radius 3 is 2.26 bits per heavy atom. The van der Waals surface area contributed by atoms with Crippen molar-refractivity contribution in [1.29, 1.82) is 0 Å². The molecule has 0 bridgehead atoms. The molecule has 1 fully saturated rings. The Morgan fingerprint density at radius 2 is 1.74 bits per heavy atom. The van der Waals surface area contributed by atoms with Crippen LogP contribution in [0, 0.1) is 0 Å². The van der Waals surface area contributed by atoms with Crippen molar-refractivity contribution in [2.24, 2.45) is 0 Å². The van der Waals surface area contributed by atoms with Crippen LogP contribution in [0.5, 0.6) is 0 Å². The number of hydrogen-bond acceptors (Lipinski definition) is 4. The third-order valence-corrected chi connectivity index (χ3v) is 4.62. The Bertz CT molecular complexity index is 570. The molecule has 0 amide bonds. The lowest BCUT2D eigenvalue weighted by Crippen LogP contribution is -2.41. The third-order valence-electron chi connectivity index (χ3n) is 3.01. The van der Waals surface area contributed by atoms with Crippen molar-refractivity contribution < 1.29 is 21.6 Å². The molecule has 0 unspecified atom stereocenters. The monoisotopic (exact) mass is 294 g/mol. The standard InChI is InChI=1S/C11H13F3N2O2S/c12-11(13,14)9-7-8(15)1-2-10(9)16-3-5-19(17,18)6-4-16/h1-2,7H,3-6,15H2. The summed E-state index contributed by atoms with van der Waals surface area (Å²) in [5.74, 6) is -0.261. The molecule has 2 N–H and O–H groups in total. The van der Waals surface area contributed by atoms with Gasteiger partial charge in [-0.1, -0.05) is 0 Å². The van der Waals surface area contributed by atoms with Gasteiger partial charge in [-0.25, -0.2) is 8.42 Å². The van der Waals surface area contributed by atoms with Crippen LogP contribution in [0.4, 0.5) is 24.5 Å². The Morgan fingerprint density at radius 1 is 1.16 bits per heavy atom. The van der Waals surface area contributed by atoms with Gasteiger partial charge in [-0.2, -0.15) is 13.2 Å². The highest BCUT2D eigenvalue weighted by molar-refractivity contribution is 7.91. The molecule has 0 aromatic heterocycles. The maximum absolute atomic E-state index is 12.9. The lowest BCUT2D eigenvalue weighted by atomic mass is 10.1. The maximum atomic E-state index is 12.9. The summed E-state index contributed by atoms with van der Waals surface area (Å²) in [6.07, 6.45) is -4.51. The van der Waals surface area contributed by atoms with Crippen molar-refractivity contribution >= 4 is 21.2 Å². The first-order valence-corrected chi connectivity index (χ1v) is 7.43. The SMILES string of the molecule is Nc1ccc(N2CCS(=O)(=O)CC2)c(C(F)(F)F)c1. The molecule has 0 atom stereocenters. The molecular weight excluding hydrogens is 281 g/mol. The zero-order chi connectivity index (χ0) is 14.3. The molecule has 0 spiro atoms. The van der Waals surface area contributed by atoms with Crippen LogP contribution in [-0.2, 0) is 16.0 Å². The molecule has 1 heterocycles. The predicted molar refractivity (Wildman–Crippen MR) is 66.7 cm³/mol. The third kappa shape index (κ3) is 3.12. The molecule has 1 aliphatic heterocycles. The quantitative estimate of drug-likeness (QED) is 0.798. The van der Waals surface area contributed by atoms with E-state index in [0.717, 1.165) is 6.07 Å². The summed E-state index contributed by atoms with van der Waals surface area (Å²) in [5.41, 5.74) is 4.57. The Balaban J connectivity index is 2.35. The number of hydrogen-bond donors (Lipinski definition) is 1. The number of benzene rings is 1. The highest BCUT2D eigenvalue weighted by Gasteiger charge is 2.36. The van der Waals surface area contributed by atoms with Gasteiger partial charge in [0.05, 0.1) is 17.1 Å². The first kappa shape index (κ1) is 14.0. The van der Waals surface area contributed by atoms with Crippen LogP contribution < -0.4 is 10.6 Å². The minimum atomic E-state index is -4.51. The van der Waals surface area contributed by atoms with E-state index in [1.807, 2.05) is 0 Å². The van der Waals surface area contributed by atoms with E-state index in [1.54, 1.807) is 0 Å². The lowest BCUT2D eigenvalue weighted by Gasteiger charge is -2.31. The molecule has 106 valence electrons. The zero-order valence-corrected chi connectivity index (χ0v) is 10.8. The van der Waals surface area contributed by atoms with Crippen molar-refractivity contribution in [3.63, 3.8) is 0 Å². The van der Waals surface area contributed by atoms with Gasteiger partial charge in [-0.15, -0.1) is 0 Å². The van der Waals surface area contributed by atoms with Crippen LogP contribution in [0.2, 0.25) is 0 Å². The summed E-state index contributed by atoms with van der Waals surface area (Å²) >= 11 is 0. The number of nitrogen functional groups attached to an aromatic ring is 1. The second-order valence-corrected chi connectivity index (χ2v) is 6.72. The van der Waals surface area contributed by atoms with Crippen molar-refractivity contribution in [3.8, 4) is 0 Å². The number of rotatable bonds is 1. The second kappa shape index (κ2) is 4.59. The Kier molecular flexibility index (Phi) is 3.38. The second-order valence-electron chi connectivity index (χ2n) is 4.41. The number of sulfone groups is 1. The van der Waals surface area contributed by atoms with E-state index in [0.29, 0.717) is 0 Å². The smallest absolute Gasteiger partial charge is 0.399 e. The largest absolute Gasteiger partial charge is 0.418 e. The fourth-order valence-electron chi connectivity index (χ4n) is 2.01. The molecule has 0 radical (unpaired) electrons. The van der Waals surface area contributed by atoms with Gasteiger partial charge in [0.2, 0.25) is 0 Å². The van der Waals surface area contributed by atoms with Gasteiger partial charge in [0.15, 0.2) is 9.84 Å². The zero-order valence-electron chi connectivity index (χ0n) is 9.94. The summed E-state index contributed by atoms with van der Waals surface area (Å²) in [6, 6.07) is 3.54. The van der Waals surface area contributed by atoms with Gasteiger partial charge in [-0.3, -0.25) is 0 Å². The molecule has 8 heteroatoms. The summed E-state index contributed by atoms with van der Waals surface area (Å²) in [7, 11) is -3.13. The molecule has 4 nitrogen and oxygen atoms in total. The molecular formula is C11H13F3N2O2S. The number of nitrogens with zero attached hydrogens (tertiary/aromatic N) is 1. The van der Waals surface area contributed by atoms with Crippen molar-refractivity contribution in [1.82, 2.24) is 0 Å². The number of nitrogens with two attached hydrogens (primary N) is 1. The Labute approximate surface area is 108 Å². The molecule has 1 aliphatic rings. The normalized spacial score (nSPS) is 19.4. The predicted octanol–water partition coefficient (Wildman–Crippen LogP) is 1.52. The van der Waals surface area contributed by atoms with Crippen LogP contribution in [0.25, 0.3) is 0 Å². The average molecular weight is 294 g/mol. The number of halogens is 3. The fourth-order valence-corrected chi connectivity index (χ4v) is 3.21. The van der Waals surface area contributed by atoms with Crippen molar-refractivity contribution in [3.05, 3.63) is 23.8 Å². The highest BCUT2D eigenvalue weighted by atomic mass is 32.2. The first-order valence-electron chi connectivity index (χ1n) is 5.61. The molecule has 1 aromatic carbocycles. The first-order chi connectivity index (χ1) is 8.69. The van der Waals surface area contributed by atoms with E-state index >= 15 is 0 Å². The van der Waals surface area contributed by atoms with Gasteiger partial charge in [0.25, 0.3) is 0 Å². The molecule has 0 aliphatic carbocycles. The Hall–Kier alpha value is -1.44. The molecule has 1 saturated heterocycles. The van der Waals surface area contributed by atoms with Gasteiger partial charge < -0.3 is 10.6 Å². The van der Waals surface area contributed by atoms with E-state index in [-0.39, 0.29) is 36.0 Å². The highest BCUT2D eigenvalue weighted by Crippen LogP contribution is 2.38. The number of anilines is 2. The fraction of sp³-hybridized carbons (Fsp3) is 0.455. The van der Waals surface area contributed by atoms with Crippen molar-refractivity contribution in [2.45, 2.75) is 6.18 Å². The van der Waals surface area contributed by atoms with Gasteiger partial charge >= 0.3 is 6.18 Å². The summed E-state index contributed by atoms with van der Waals surface area (Å²) in [5, 5.41) is 0. The van der Waals surface area contributed by atoms with Crippen LogP contribution in [0.1, 0.15) is 5.56 Å². The summed E-state index contributed by atoms with van der Waals surface area (Å²) in [4.78, 5) is 1.43. The van der Waals surface area contributed by atoms with E-state index in [4.69, 9.17) is 5.73 Å². The van der Waals surface area contributed by atoms with Crippen LogP contribution in [0.15, 0.2) is 18.2 Å². The minimum absolute atomic E-state index is 0.0170. The number of alkyl halides is 3. The van der Waals surface area contributed by atoms with Crippen LogP contribution >= 0.6 is 0 Å². The summed E-state index contributed by atoms with van der Waals surface area (Å²) < 4.78 is 61.4. The van der Waals surface area contributed by atoms with E-state index in [1.165, 1.54) is 17.0 Å². The van der Waals surface area contributed by atoms with E-state index in [2.05, 4.69) is 0 Å². The summed E-state index contributed by atoms with van der Waals surface area (Å²) in [6.45, 7) is 0.130. The minimum Gasteiger partial charge on any atom is -0.399 e. The molecule has 1 aromatic rings. The van der Waals surface area contributed by atoms with Gasteiger partial charge in [-0.05, 0) is 18.2 Å². The maximum Gasteiger partial charge on any atom is 0.418 e. The lowest BCUT2D eigenvalue weighted by molar-refractivity contribution is -0.137. The molecule has 0 saturated carbocycles. The molecule has 19 heavy (non-hydrogen) atoms. The van der Waals surface area contributed by atoms with Gasteiger partial charge in [0.1, 0.15) is 0 Å². The average Bonchev–Trinajstić information content (AvgIpc) is 2.28. The molecule has 2 rings (SSSR count). The van der Waals surface area contributed by atoms with E-state index < -0.39 is 21.6 Å². The van der Waals surface area contributed by atoms with Crippen LogP contribution in [-0.4, -0.2) is 33.0 Å². The topological polar surface area (TPSA) is 63.4 Å².